The van der Waals surface area contributed by atoms with E-state index in [4.69, 9.17) is 10.8 Å². The lowest BCUT2D eigenvalue weighted by Crippen LogP contribution is -2.11. The second-order valence-corrected chi connectivity index (χ2v) is 4.32. The van der Waals surface area contributed by atoms with Gasteiger partial charge in [0.25, 0.3) is 0 Å². The molecule has 0 radical (unpaired) electrons. The number of anilines is 1. The number of para-hydroxylation sites is 1. The van der Waals surface area contributed by atoms with E-state index in [0.717, 1.165) is 11.3 Å². The van der Waals surface area contributed by atoms with E-state index in [-0.39, 0.29) is 0 Å². The van der Waals surface area contributed by atoms with Crippen LogP contribution < -0.4 is 5.73 Å². The topological polar surface area (TPSA) is 63.3 Å². The molecule has 3 N–H and O–H groups in total. The first kappa shape index (κ1) is 10.9. The number of hydrogen-bond donors (Lipinski definition) is 2. The Bertz CT molecular complexity index is 328. The van der Waals surface area contributed by atoms with Crippen LogP contribution in [0.15, 0.2) is 24.3 Å². The molecule has 4 heteroatoms. The van der Waals surface area contributed by atoms with E-state index < -0.39 is 11.2 Å². The van der Waals surface area contributed by atoms with Crippen molar-refractivity contribution in [2.75, 3.05) is 5.73 Å². The Hall–Kier alpha value is -1.16. The van der Waals surface area contributed by atoms with Crippen molar-refractivity contribution in [3.05, 3.63) is 29.8 Å². The van der Waals surface area contributed by atoms with Gasteiger partial charge in [-0.3, -0.25) is 4.79 Å². The highest BCUT2D eigenvalue weighted by Crippen LogP contribution is 2.21. The zero-order valence-corrected chi connectivity index (χ0v) is 8.75. The van der Waals surface area contributed by atoms with Crippen molar-refractivity contribution in [2.24, 2.45) is 0 Å². The van der Waals surface area contributed by atoms with Crippen molar-refractivity contribution >= 4 is 23.4 Å². The van der Waals surface area contributed by atoms with Crippen LogP contribution >= 0.6 is 11.8 Å². The first-order valence-corrected chi connectivity index (χ1v) is 5.34. The summed E-state index contributed by atoms with van der Waals surface area (Å²) < 4.78 is 0. The van der Waals surface area contributed by atoms with Crippen LogP contribution in [0.3, 0.4) is 0 Å². The van der Waals surface area contributed by atoms with Gasteiger partial charge in [-0.25, -0.2) is 0 Å². The normalized spacial score (nSPS) is 12.4. The van der Waals surface area contributed by atoms with E-state index in [1.807, 2.05) is 24.3 Å². The van der Waals surface area contributed by atoms with Crippen LogP contribution in [0.2, 0.25) is 0 Å². The molecular formula is C10H13NO2S. The van der Waals surface area contributed by atoms with Crippen molar-refractivity contribution in [3.63, 3.8) is 0 Å². The third-order valence-corrected chi connectivity index (χ3v) is 3.07. The van der Waals surface area contributed by atoms with Gasteiger partial charge in [0.2, 0.25) is 0 Å². The zero-order valence-electron chi connectivity index (χ0n) is 7.93. The van der Waals surface area contributed by atoms with Crippen LogP contribution in [-0.2, 0) is 10.5 Å². The standard InChI is InChI=1S/C10H13NO2S/c1-7(10(12)13)14-6-8-4-2-3-5-9(8)11/h2-5,7H,6,11H2,1H3,(H,12,13). The van der Waals surface area contributed by atoms with Crippen LogP contribution in [-0.4, -0.2) is 16.3 Å². The molecule has 0 aliphatic rings. The lowest BCUT2D eigenvalue weighted by Gasteiger charge is -2.07. The number of carbonyl (C=O) groups is 1. The minimum Gasteiger partial charge on any atom is -0.480 e. The van der Waals surface area contributed by atoms with E-state index in [2.05, 4.69) is 0 Å². The van der Waals surface area contributed by atoms with E-state index in [9.17, 15) is 4.79 Å². The molecule has 1 aromatic carbocycles. The minimum absolute atomic E-state index is 0.394. The predicted molar refractivity (Wildman–Crippen MR) is 59.2 cm³/mol. The fraction of sp³-hybridized carbons (Fsp3) is 0.300. The van der Waals surface area contributed by atoms with Gasteiger partial charge >= 0.3 is 5.97 Å². The summed E-state index contributed by atoms with van der Waals surface area (Å²) in [6.45, 7) is 1.67. The van der Waals surface area contributed by atoms with E-state index in [0.29, 0.717) is 5.75 Å². The van der Waals surface area contributed by atoms with Crippen LogP contribution in [0.5, 0.6) is 0 Å². The molecule has 14 heavy (non-hydrogen) atoms. The molecule has 0 spiro atoms. The number of carboxylic acid groups (broad SMARTS) is 1. The van der Waals surface area contributed by atoms with Crippen LogP contribution in [0.25, 0.3) is 0 Å². The lowest BCUT2D eigenvalue weighted by atomic mass is 10.2. The number of thioether (sulfide) groups is 1. The van der Waals surface area contributed by atoms with Gasteiger partial charge in [0.05, 0.1) is 5.25 Å². The maximum absolute atomic E-state index is 10.6. The largest absolute Gasteiger partial charge is 0.480 e. The summed E-state index contributed by atoms with van der Waals surface area (Å²) in [6, 6.07) is 7.50. The number of nitrogen functional groups attached to an aromatic ring is 1. The van der Waals surface area contributed by atoms with Gasteiger partial charge < -0.3 is 10.8 Å². The molecule has 76 valence electrons. The summed E-state index contributed by atoms with van der Waals surface area (Å²) in [4.78, 5) is 10.6. The van der Waals surface area contributed by atoms with Gasteiger partial charge in [-0.15, -0.1) is 11.8 Å². The number of benzene rings is 1. The van der Waals surface area contributed by atoms with E-state index in [1.165, 1.54) is 11.8 Å². The van der Waals surface area contributed by atoms with Crippen molar-refractivity contribution in [2.45, 2.75) is 17.9 Å². The Labute approximate surface area is 87.3 Å². The van der Waals surface area contributed by atoms with Gasteiger partial charge in [0, 0.05) is 11.4 Å². The average molecular weight is 211 g/mol. The van der Waals surface area contributed by atoms with Crippen molar-refractivity contribution in [1.82, 2.24) is 0 Å². The maximum atomic E-state index is 10.6. The van der Waals surface area contributed by atoms with Crippen molar-refractivity contribution in [1.29, 1.82) is 0 Å². The maximum Gasteiger partial charge on any atom is 0.316 e. The number of hydrogen-bond acceptors (Lipinski definition) is 3. The van der Waals surface area contributed by atoms with Gasteiger partial charge in [-0.1, -0.05) is 18.2 Å². The first-order valence-electron chi connectivity index (χ1n) is 4.29. The van der Waals surface area contributed by atoms with Gasteiger partial charge in [0.1, 0.15) is 0 Å². The molecule has 1 unspecified atom stereocenters. The summed E-state index contributed by atoms with van der Waals surface area (Å²) in [6.07, 6.45) is 0. The molecule has 0 saturated carbocycles. The minimum atomic E-state index is -0.787. The molecule has 0 amide bonds. The molecule has 0 aliphatic heterocycles. The highest BCUT2D eigenvalue weighted by molar-refractivity contribution is 7.99. The second kappa shape index (κ2) is 4.91. The SMILES string of the molecule is CC(SCc1ccccc1N)C(=O)O. The summed E-state index contributed by atoms with van der Waals surface area (Å²) >= 11 is 1.37. The first-order chi connectivity index (χ1) is 6.61. The molecule has 0 fully saturated rings. The Morgan fingerprint density at radius 3 is 2.79 bits per heavy atom. The zero-order chi connectivity index (χ0) is 10.6. The number of rotatable bonds is 4. The highest BCUT2D eigenvalue weighted by atomic mass is 32.2. The Morgan fingerprint density at radius 1 is 1.57 bits per heavy atom. The highest BCUT2D eigenvalue weighted by Gasteiger charge is 2.11. The molecular weight excluding hydrogens is 198 g/mol. The predicted octanol–water partition coefficient (Wildman–Crippen LogP) is 1.98. The van der Waals surface area contributed by atoms with Crippen LogP contribution in [0.1, 0.15) is 12.5 Å². The van der Waals surface area contributed by atoms with E-state index in [1.54, 1.807) is 6.92 Å². The molecule has 3 nitrogen and oxygen atoms in total. The quantitative estimate of drug-likeness (QED) is 0.747. The van der Waals surface area contributed by atoms with Crippen molar-refractivity contribution in [3.8, 4) is 0 Å². The number of nitrogens with two attached hydrogens (primary N) is 1. The molecule has 0 saturated heterocycles. The lowest BCUT2D eigenvalue weighted by molar-refractivity contribution is -0.136. The molecule has 0 bridgehead atoms. The number of aliphatic carboxylic acids is 1. The fourth-order valence-electron chi connectivity index (χ4n) is 0.952. The summed E-state index contributed by atoms with van der Waals surface area (Å²) in [5.41, 5.74) is 7.43. The van der Waals surface area contributed by atoms with E-state index >= 15 is 0 Å². The van der Waals surface area contributed by atoms with Crippen LogP contribution in [0, 0.1) is 0 Å². The Morgan fingerprint density at radius 2 is 2.21 bits per heavy atom. The molecule has 0 heterocycles. The molecule has 1 aromatic rings. The summed E-state index contributed by atoms with van der Waals surface area (Å²) in [5, 5.41) is 8.28. The fourth-order valence-corrected chi connectivity index (χ4v) is 1.79. The Balaban J connectivity index is 2.54. The monoisotopic (exact) mass is 211 g/mol. The van der Waals surface area contributed by atoms with Crippen molar-refractivity contribution < 1.29 is 9.90 Å². The summed E-state index contributed by atoms with van der Waals surface area (Å²) in [7, 11) is 0. The molecule has 0 aromatic heterocycles. The third-order valence-electron chi connectivity index (χ3n) is 1.89. The molecule has 1 rings (SSSR count). The van der Waals surface area contributed by atoms with Gasteiger partial charge in [-0.05, 0) is 18.6 Å². The summed E-state index contributed by atoms with van der Waals surface area (Å²) in [5.74, 6) is -0.148. The Kier molecular flexibility index (Phi) is 3.83. The smallest absolute Gasteiger partial charge is 0.316 e. The molecule has 1 atom stereocenters. The van der Waals surface area contributed by atoms with Gasteiger partial charge in [0.15, 0.2) is 0 Å². The third kappa shape index (κ3) is 2.96. The van der Waals surface area contributed by atoms with Gasteiger partial charge in [-0.2, -0.15) is 0 Å². The molecule has 0 aliphatic carbocycles. The average Bonchev–Trinajstić information content (AvgIpc) is 2.16. The van der Waals surface area contributed by atoms with Crippen LogP contribution in [0.4, 0.5) is 5.69 Å². The second-order valence-electron chi connectivity index (χ2n) is 2.99. The number of carboxylic acids is 1.